The molecule has 0 bridgehead atoms. The van der Waals surface area contributed by atoms with Crippen molar-refractivity contribution in [3.8, 4) is 0 Å². The highest BCUT2D eigenvalue weighted by molar-refractivity contribution is 8.01. The van der Waals surface area contributed by atoms with Crippen molar-refractivity contribution in [2.75, 3.05) is 10.5 Å². The van der Waals surface area contributed by atoms with Gasteiger partial charge in [0.2, 0.25) is 0 Å². The predicted molar refractivity (Wildman–Crippen MR) is 112 cm³/mol. The summed E-state index contributed by atoms with van der Waals surface area (Å²) in [7, 11) is -3.62. The third kappa shape index (κ3) is 4.58. The summed E-state index contributed by atoms with van der Waals surface area (Å²) < 4.78 is 29.9. The van der Waals surface area contributed by atoms with E-state index in [0.717, 1.165) is 39.6 Å². The van der Waals surface area contributed by atoms with Crippen molar-refractivity contribution in [1.82, 2.24) is 4.98 Å². The summed E-state index contributed by atoms with van der Waals surface area (Å²) in [5.74, 6) is 0.945. The third-order valence-electron chi connectivity index (χ3n) is 3.94. The highest BCUT2D eigenvalue weighted by Gasteiger charge is 2.16. The van der Waals surface area contributed by atoms with Crippen LogP contribution in [0.15, 0.2) is 51.7 Å². The molecule has 0 aliphatic carbocycles. The summed E-state index contributed by atoms with van der Waals surface area (Å²) >= 11 is 3.19. The van der Waals surface area contributed by atoms with E-state index in [2.05, 4.69) is 23.6 Å². The van der Waals surface area contributed by atoms with Gasteiger partial charge in [-0.3, -0.25) is 4.72 Å². The number of thioether (sulfide) groups is 1. The monoisotopic (exact) mass is 406 g/mol. The van der Waals surface area contributed by atoms with Crippen molar-refractivity contribution in [2.45, 2.75) is 42.3 Å². The molecule has 0 radical (unpaired) electrons. The zero-order valence-electron chi connectivity index (χ0n) is 14.9. The molecule has 0 spiro atoms. The van der Waals surface area contributed by atoms with Crippen LogP contribution in [0.4, 0.5) is 5.69 Å². The van der Waals surface area contributed by atoms with Crippen LogP contribution in [-0.2, 0) is 16.4 Å². The minimum Gasteiger partial charge on any atom is -0.280 e. The number of hydrogen-bond acceptors (Lipinski definition) is 5. The largest absolute Gasteiger partial charge is 0.280 e. The lowest BCUT2D eigenvalue weighted by molar-refractivity contribution is 0.601. The third-order valence-corrected chi connectivity index (χ3v) is 7.37. The fourth-order valence-electron chi connectivity index (χ4n) is 2.57. The van der Waals surface area contributed by atoms with E-state index < -0.39 is 10.0 Å². The fourth-order valence-corrected chi connectivity index (χ4v) is 5.73. The number of aromatic nitrogens is 1. The van der Waals surface area contributed by atoms with E-state index in [-0.39, 0.29) is 4.90 Å². The molecule has 0 aliphatic heterocycles. The standard InChI is InChI=1S/C19H22N2O2S3/c1-3-5-6-14-7-9-15(10-8-14)21-26(22,23)16-11-12-17-18(13-16)25-19(20-17)24-4-2/h7-13,21H,3-6H2,1-2H3. The van der Waals surface area contributed by atoms with Crippen molar-refractivity contribution in [1.29, 1.82) is 0 Å². The molecule has 0 aliphatic rings. The number of hydrogen-bond donors (Lipinski definition) is 1. The molecule has 0 fully saturated rings. The molecule has 4 nitrogen and oxygen atoms in total. The van der Waals surface area contributed by atoms with Crippen molar-refractivity contribution >= 4 is 49.0 Å². The van der Waals surface area contributed by atoms with Crippen molar-refractivity contribution in [3.63, 3.8) is 0 Å². The van der Waals surface area contributed by atoms with Crippen LogP contribution in [0.25, 0.3) is 10.2 Å². The molecule has 0 atom stereocenters. The van der Waals surface area contributed by atoms with Gasteiger partial charge in [-0.2, -0.15) is 0 Å². The number of aryl methyl sites for hydroxylation is 1. The second-order valence-corrected chi connectivity index (χ2v) is 10.2. The number of fused-ring (bicyclic) bond motifs is 1. The highest BCUT2D eigenvalue weighted by Crippen LogP contribution is 2.31. The van der Waals surface area contributed by atoms with E-state index in [1.54, 1.807) is 30.0 Å². The first-order chi connectivity index (χ1) is 12.5. The summed E-state index contributed by atoms with van der Waals surface area (Å²) in [5, 5.41) is 0. The average Bonchev–Trinajstić information content (AvgIpc) is 3.03. The maximum absolute atomic E-state index is 12.7. The molecule has 1 N–H and O–H groups in total. The van der Waals surface area contributed by atoms with Gasteiger partial charge in [0, 0.05) is 5.69 Å². The Morgan fingerprint density at radius 2 is 1.88 bits per heavy atom. The molecule has 2 aromatic carbocycles. The number of unbranched alkanes of at least 4 members (excludes halogenated alkanes) is 1. The molecule has 0 amide bonds. The molecular formula is C19H22N2O2S3. The first-order valence-electron chi connectivity index (χ1n) is 8.67. The van der Waals surface area contributed by atoms with Crippen LogP contribution in [0, 0.1) is 0 Å². The number of thiazole rings is 1. The summed E-state index contributed by atoms with van der Waals surface area (Å²) in [6.07, 6.45) is 3.30. The van der Waals surface area contributed by atoms with Gasteiger partial charge in [-0.1, -0.05) is 44.2 Å². The van der Waals surface area contributed by atoms with Gasteiger partial charge in [-0.25, -0.2) is 13.4 Å². The van der Waals surface area contributed by atoms with Crippen LogP contribution < -0.4 is 4.72 Å². The number of benzene rings is 2. The number of nitrogens with zero attached hydrogens (tertiary/aromatic N) is 1. The Labute approximate surface area is 163 Å². The van der Waals surface area contributed by atoms with E-state index in [1.807, 2.05) is 24.3 Å². The molecule has 0 unspecified atom stereocenters. The van der Waals surface area contributed by atoms with Crippen LogP contribution in [0.5, 0.6) is 0 Å². The molecule has 1 heterocycles. The minimum atomic E-state index is -3.62. The zero-order valence-corrected chi connectivity index (χ0v) is 17.3. The van der Waals surface area contributed by atoms with Gasteiger partial charge in [0.15, 0.2) is 4.34 Å². The zero-order chi connectivity index (χ0) is 18.6. The normalized spacial score (nSPS) is 11.8. The van der Waals surface area contributed by atoms with Crippen LogP contribution in [0.3, 0.4) is 0 Å². The Morgan fingerprint density at radius 3 is 2.58 bits per heavy atom. The SMILES string of the molecule is CCCCc1ccc(NS(=O)(=O)c2ccc3nc(SCC)sc3c2)cc1. The molecule has 138 valence electrons. The van der Waals surface area contributed by atoms with Gasteiger partial charge < -0.3 is 0 Å². The molecule has 0 saturated carbocycles. The first-order valence-corrected chi connectivity index (χ1v) is 12.0. The van der Waals surface area contributed by atoms with Crippen LogP contribution in [0.1, 0.15) is 32.3 Å². The smallest absolute Gasteiger partial charge is 0.261 e. The van der Waals surface area contributed by atoms with Gasteiger partial charge in [0.05, 0.1) is 15.1 Å². The average molecular weight is 407 g/mol. The number of sulfonamides is 1. The van der Waals surface area contributed by atoms with Crippen molar-refractivity contribution < 1.29 is 8.42 Å². The van der Waals surface area contributed by atoms with E-state index in [9.17, 15) is 8.42 Å². The van der Waals surface area contributed by atoms with Crippen LogP contribution in [0.2, 0.25) is 0 Å². The molecule has 1 aromatic heterocycles. The topological polar surface area (TPSA) is 59.1 Å². The van der Waals surface area contributed by atoms with Crippen molar-refractivity contribution in [2.24, 2.45) is 0 Å². The lowest BCUT2D eigenvalue weighted by Crippen LogP contribution is -2.12. The number of rotatable bonds is 8. The molecule has 7 heteroatoms. The maximum atomic E-state index is 12.7. The summed E-state index contributed by atoms with van der Waals surface area (Å²) in [6, 6.07) is 12.7. The van der Waals surface area contributed by atoms with E-state index in [1.165, 1.54) is 16.9 Å². The van der Waals surface area contributed by atoms with Gasteiger partial charge in [-0.15, -0.1) is 11.3 Å². The van der Waals surface area contributed by atoms with E-state index in [0.29, 0.717) is 5.69 Å². The molecule has 3 rings (SSSR count). The molecule has 0 saturated heterocycles. The summed E-state index contributed by atoms with van der Waals surface area (Å²) in [4.78, 5) is 4.77. The van der Waals surface area contributed by atoms with Gasteiger partial charge in [-0.05, 0) is 54.5 Å². The minimum absolute atomic E-state index is 0.261. The lowest BCUT2D eigenvalue weighted by atomic mass is 10.1. The highest BCUT2D eigenvalue weighted by atomic mass is 32.2. The number of anilines is 1. The predicted octanol–water partition coefficient (Wildman–Crippen LogP) is 5.55. The Hall–Kier alpha value is -1.57. The van der Waals surface area contributed by atoms with Crippen molar-refractivity contribution in [3.05, 3.63) is 48.0 Å². The number of nitrogens with one attached hydrogen (secondary N) is 1. The second-order valence-electron chi connectivity index (χ2n) is 5.95. The Kier molecular flexibility index (Phi) is 6.21. The molecular weight excluding hydrogens is 384 g/mol. The Morgan fingerprint density at radius 1 is 1.12 bits per heavy atom. The van der Waals surface area contributed by atoms with Gasteiger partial charge >= 0.3 is 0 Å². The van der Waals surface area contributed by atoms with Gasteiger partial charge in [0.1, 0.15) is 0 Å². The maximum Gasteiger partial charge on any atom is 0.261 e. The van der Waals surface area contributed by atoms with Crippen LogP contribution in [-0.4, -0.2) is 19.2 Å². The summed E-state index contributed by atoms with van der Waals surface area (Å²) in [6.45, 7) is 4.23. The first kappa shape index (κ1) is 19.2. The van der Waals surface area contributed by atoms with E-state index >= 15 is 0 Å². The second kappa shape index (κ2) is 8.41. The molecule has 3 aromatic rings. The quantitative estimate of drug-likeness (QED) is 0.498. The Balaban J connectivity index is 1.79. The fraction of sp³-hybridized carbons (Fsp3) is 0.316. The van der Waals surface area contributed by atoms with Gasteiger partial charge in [0.25, 0.3) is 10.0 Å². The van der Waals surface area contributed by atoms with E-state index in [4.69, 9.17) is 0 Å². The van der Waals surface area contributed by atoms with Crippen LogP contribution >= 0.6 is 23.1 Å². The summed E-state index contributed by atoms with van der Waals surface area (Å²) in [5.41, 5.74) is 2.64. The molecule has 26 heavy (non-hydrogen) atoms. The lowest BCUT2D eigenvalue weighted by Gasteiger charge is -2.09. The Bertz CT molecular complexity index is 980.